The zero-order valence-corrected chi connectivity index (χ0v) is 10.7. The minimum atomic E-state index is 0.121. The number of rotatable bonds is 2. The van der Waals surface area contributed by atoms with E-state index in [0.29, 0.717) is 5.92 Å². The quantitative estimate of drug-likeness (QED) is 0.800. The maximum atomic E-state index is 4.50. The van der Waals surface area contributed by atoms with Crippen LogP contribution in [0.3, 0.4) is 0 Å². The van der Waals surface area contributed by atoms with E-state index >= 15 is 0 Å². The van der Waals surface area contributed by atoms with E-state index in [4.69, 9.17) is 0 Å². The molecule has 1 aromatic rings. The second-order valence-electron chi connectivity index (χ2n) is 5.31. The molecule has 2 nitrogen and oxygen atoms in total. The van der Waals surface area contributed by atoms with Gasteiger partial charge in [-0.1, -0.05) is 34.6 Å². The first kappa shape index (κ1) is 12.0. The van der Waals surface area contributed by atoms with Crippen LogP contribution in [-0.4, -0.2) is 12.0 Å². The Bertz CT molecular complexity index is 335. The molecule has 0 amide bonds. The highest BCUT2D eigenvalue weighted by molar-refractivity contribution is 5.51. The predicted molar refractivity (Wildman–Crippen MR) is 66.6 cm³/mol. The number of nitrogens with one attached hydrogen (secondary N) is 1. The van der Waals surface area contributed by atoms with Gasteiger partial charge in [0.25, 0.3) is 0 Å². The average molecular weight is 206 g/mol. The summed E-state index contributed by atoms with van der Waals surface area (Å²) in [6.45, 7) is 11.0. The molecule has 15 heavy (non-hydrogen) atoms. The van der Waals surface area contributed by atoms with Gasteiger partial charge in [0.15, 0.2) is 0 Å². The van der Waals surface area contributed by atoms with Gasteiger partial charge in [0, 0.05) is 18.2 Å². The van der Waals surface area contributed by atoms with Crippen LogP contribution < -0.4 is 5.32 Å². The molecular weight excluding hydrogens is 184 g/mol. The van der Waals surface area contributed by atoms with E-state index in [-0.39, 0.29) is 5.41 Å². The molecule has 1 N–H and O–H groups in total. The van der Waals surface area contributed by atoms with Crippen molar-refractivity contribution in [2.24, 2.45) is 0 Å². The maximum Gasteiger partial charge on any atom is 0.0559 e. The van der Waals surface area contributed by atoms with Crippen LogP contribution in [-0.2, 0) is 5.41 Å². The third-order valence-electron chi connectivity index (χ3n) is 2.60. The van der Waals surface area contributed by atoms with Gasteiger partial charge >= 0.3 is 0 Å². The Labute approximate surface area is 93.1 Å². The molecular formula is C13H22N2. The zero-order chi connectivity index (χ0) is 11.6. The molecule has 0 aromatic carbocycles. The summed E-state index contributed by atoms with van der Waals surface area (Å²) in [5, 5.41) is 3.19. The highest BCUT2D eigenvalue weighted by atomic mass is 14.9. The van der Waals surface area contributed by atoms with Gasteiger partial charge in [0.1, 0.15) is 0 Å². The van der Waals surface area contributed by atoms with E-state index in [1.54, 1.807) is 0 Å². The van der Waals surface area contributed by atoms with E-state index in [1.807, 2.05) is 13.2 Å². The Morgan fingerprint density at radius 3 is 2.27 bits per heavy atom. The molecule has 84 valence electrons. The molecule has 1 heterocycles. The standard InChI is InChI=1S/C13H22N2/c1-9(2)10-7-12(13(3,4)5)15-8-11(10)14-6/h7-9,14H,1-6H3. The third-order valence-corrected chi connectivity index (χ3v) is 2.60. The van der Waals surface area contributed by atoms with Crippen molar-refractivity contribution in [3.8, 4) is 0 Å². The third kappa shape index (κ3) is 2.71. The lowest BCUT2D eigenvalue weighted by molar-refractivity contribution is 0.567. The average Bonchev–Trinajstić information content (AvgIpc) is 2.15. The van der Waals surface area contributed by atoms with E-state index in [2.05, 4.69) is 51.0 Å². The first-order valence-corrected chi connectivity index (χ1v) is 5.54. The molecule has 0 aliphatic rings. The molecule has 0 bridgehead atoms. The van der Waals surface area contributed by atoms with Crippen LogP contribution in [0.1, 0.15) is 51.8 Å². The van der Waals surface area contributed by atoms with Crippen LogP contribution in [0, 0.1) is 0 Å². The minimum Gasteiger partial charge on any atom is -0.387 e. The van der Waals surface area contributed by atoms with Crippen LogP contribution in [0.25, 0.3) is 0 Å². The maximum absolute atomic E-state index is 4.50. The van der Waals surface area contributed by atoms with Crippen molar-refractivity contribution in [2.45, 2.75) is 46.0 Å². The molecule has 0 saturated heterocycles. The molecule has 0 unspecified atom stereocenters. The van der Waals surface area contributed by atoms with Crippen molar-refractivity contribution in [3.05, 3.63) is 23.5 Å². The van der Waals surface area contributed by atoms with Gasteiger partial charge in [-0.3, -0.25) is 4.98 Å². The fraction of sp³-hybridized carbons (Fsp3) is 0.615. The number of hydrogen-bond acceptors (Lipinski definition) is 2. The lowest BCUT2D eigenvalue weighted by atomic mass is 9.89. The van der Waals surface area contributed by atoms with Crippen LogP contribution in [0.4, 0.5) is 5.69 Å². The Kier molecular flexibility index (Phi) is 3.38. The molecule has 2 heteroatoms. The number of hydrogen-bond donors (Lipinski definition) is 1. The summed E-state index contributed by atoms with van der Waals surface area (Å²) in [5.74, 6) is 0.525. The van der Waals surface area contributed by atoms with Gasteiger partial charge in [0.2, 0.25) is 0 Å². The highest BCUT2D eigenvalue weighted by Gasteiger charge is 2.17. The second-order valence-corrected chi connectivity index (χ2v) is 5.31. The highest BCUT2D eigenvalue weighted by Crippen LogP contribution is 2.28. The number of aromatic nitrogens is 1. The summed E-state index contributed by atoms with van der Waals surface area (Å²) < 4.78 is 0. The summed E-state index contributed by atoms with van der Waals surface area (Å²) in [6.07, 6.45) is 1.94. The van der Waals surface area contributed by atoms with Crippen molar-refractivity contribution < 1.29 is 0 Å². The van der Waals surface area contributed by atoms with Gasteiger partial charge in [0.05, 0.1) is 11.9 Å². The van der Waals surface area contributed by atoms with E-state index < -0.39 is 0 Å². The summed E-state index contributed by atoms with van der Waals surface area (Å²) in [6, 6.07) is 2.22. The van der Waals surface area contributed by atoms with E-state index in [1.165, 1.54) is 5.56 Å². The first-order valence-electron chi connectivity index (χ1n) is 5.54. The van der Waals surface area contributed by atoms with Gasteiger partial charge in [-0.15, -0.1) is 0 Å². The molecule has 0 aliphatic carbocycles. The summed E-state index contributed by atoms with van der Waals surface area (Å²) in [4.78, 5) is 4.50. The summed E-state index contributed by atoms with van der Waals surface area (Å²) in [7, 11) is 1.94. The monoisotopic (exact) mass is 206 g/mol. The number of pyridine rings is 1. The predicted octanol–water partition coefficient (Wildman–Crippen LogP) is 3.54. The van der Waals surface area contributed by atoms with Crippen molar-refractivity contribution in [3.63, 3.8) is 0 Å². The Morgan fingerprint density at radius 2 is 1.87 bits per heavy atom. The largest absolute Gasteiger partial charge is 0.387 e. The number of nitrogens with zero attached hydrogens (tertiary/aromatic N) is 1. The molecule has 0 fully saturated rings. The molecule has 1 aromatic heterocycles. The smallest absolute Gasteiger partial charge is 0.0559 e. The summed E-state index contributed by atoms with van der Waals surface area (Å²) in [5.41, 5.74) is 3.76. The SMILES string of the molecule is CNc1cnc(C(C)(C)C)cc1C(C)C. The number of anilines is 1. The fourth-order valence-corrected chi connectivity index (χ4v) is 1.57. The Balaban J connectivity index is 3.22. The van der Waals surface area contributed by atoms with E-state index in [0.717, 1.165) is 11.4 Å². The van der Waals surface area contributed by atoms with Crippen LogP contribution >= 0.6 is 0 Å². The van der Waals surface area contributed by atoms with Gasteiger partial charge < -0.3 is 5.32 Å². The second kappa shape index (κ2) is 4.21. The fourth-order valence-electron chi connectivity index (χ4n) is 1.57. The van der Waals surface area contributed by atoms with Gasteiger partial charge in [-0.2, -0.15) is 0 Å². The zero-order valence-electron chi connectivity index (χ0n) is 10.7. The normalized spacial score (nSPS) is 11.9. The van der Waals surface area contributed by atoms with Crippen molar-refractivity contribution in [1.82, 2.24) is 4.98 Å². The Morgan fingerprint density at radius 1 is 1.27 bits per heavy atom. The first-order chi connectivity index (χ1) is 6.86. The van der Waals surface area contributed by atoms with Gasteiger partial charge in [-0.25, -0.2) is 0 Å². The van der Waals surface area contributed by atoms with Crippen molar-refractivity contribution in [2.75, 3.05) is 12.4 Å². The lowest BCUT2D eigenvalue weighted by Gasteiger charge is -2.21. The van der Waals surface area contributed by atoms with Crippen molar-refractivity contribution in [1.29, 1.82) is 0 Å². The minimum absolute atomic E-state index is 0.121. The van der Waals surface area contributed by atoms with E-state index in [9.17, 15) is 0 Å². The Hall–Kier alpha value is -1.05. The molecule has 1 rings (SSSR count). The molecule has 0 aliphatic heterocycles. The molecule has 0 atom stereocenters. The molecule has 0 spiro atoms. The molecule has 0 saturated carbocycles. The van der Waals surface area contributed by atoms with Crippen LogP contribution in [0.15, 0.2) is 12.3 Å². The summed E-state index contributed by atoms with van der Waals surface area (Å²) >= 11 is 0. The lowest BCUT2D eigenvalue weighted by Crippen LogP contribution is -2.14. The van der Waals surface area contributed by atoms with Crippen LogP contribution in [0.5, 0.6) is 0 Å². The van der Waals surface area contributed by atoms with Gasteiger partial charge in [-0.05, 0) is 17.5 Å². The van der Waals surface area contributed by atoms with Crippen molar-refractivity contribution >= 4 is 5.69 Å². The topological polar surface area (TPSA) is 24.9 Å². The van der Waals surface area contributed by atoms with Crippen LogP contribution in [0.2, 0.25) is 0 Å². The molecule has 0 radical (unpaired) electrons.